The molecule has 1 amide bonds. The van der Waals surface area contributed by atoms with Gasteiger partial charge in [0.25, 0.3) is 0 Å². The highest BCUT2D eigenvalue weighted by Gasteiger charge is 2.13. The first-order valence-electron chi connectivity index (χ1n) is 8.64. The van der Waals surface area contributed by atoms with Crippen LogP contribution in [0.5, 0.6) is 0 Å². The molecular weight excluding hydrogens is 310 g/mol. The van der Waals surface area contributed by atoms with Crippen molar-refractivity contribution in [1.82, 2.24) is 5.32 Å². The number of benzene rings is 3. The van der Waals surface area contributed by atoms with E-state index in [1.807, 2.05) is 42.5 Å². The average molecular weight is 333 g/mol. The molecule has 0 fully saturated rings. The Hall–Kier alpha value is -2.65. The molecule has 0 aromatic heterocycles. The molecule has 3 aromatic carbocycles. The SMILES string of the molecule is CC(OCc1ccccc1)C(=O)NCCc1cccc2ccccc12. The van der Waals surface area contributed by atoms with Crippen molar-refractivity contribution in [3.63, 3.8) is 0 Å². The molecule has 1 unspecified atom stereocenters. The smallest absolute Gasteiger partial charge is 0.248 e. The van der Waals surface area contributed by atoms with E-state index in [1.165, 1.54) is 16.3 Å². The van der Waals surface area contributed by atoms with Crippen LogP contribution in [0.1, 0.15) is 18.1 Å². The topological polar surface area (TPSA) is 38.3 Å². The van der Waals surface area contributed by atoms with E-state index >= 15 is 0 Å². The van der Waals surface area contributed by atoms with Gasteiger partial charge in [0.05, 0.1) is 6.61 Å². The molecule has 3 nitrogen and oxygen atoms in total. The Labute approximate surface area is 148 Å². The lowest BCUT2D eigenvalue weighted by atomic mass is 10.0. The van der Waals surface area contributed by atoms with E-state index in [9.17, 15) is 4.79 Å². The van der Waals surface area contributed by atoms with Crippen LogP contribution in [-0.4, -0.2) is 18.6 Å². The van der Waals surface area contributed by atoms with Crippen molar-refractivity contribution in [3.05, 3.63) is 83.9 Å². The molecule has 25 heavy (non-hydrogen) atoms. The number of ether oxygens (including phenoxy) is 1. The van der Waals surface area contributed by atoms with Crippen molar-refractivity contribution in [3.8, 4) is 0 Å². The summed E-state index contributed by atoms with van der Waals surface area (Å²) in [6, 6.07) is 24.5. The standard InChI is InChI=1S/C22H23NO2/c1-17(25-16-18-8-3-2-4-9-18)22(24)23-15-14-20-12-7-11-19-10-5-6-13-21(19)20/h2-13,17H,14-16H2,1H3,(H,23,24). The monoisotopic (exact) mass is 333 g/mol. The van der Waals surface area contributed by atoms with Gasteiger partial charge in [0, 0.05) is 6.54 Å². The highest BCUT2D eigenvalue weighted by molar-refractivity contribution is 5.85. The van der Waals surface area contributed by atoms with Gasteiger partial charge in [-0.1, -0.05) is 72.8 Å². The predicted molar refractivity (Wildman–Crippen MR) is 101 cm³/mol. The molecule has 3 aromatic rings. The fraction of sp³-hybridized carbons (Fsp3) is 0.227. The van der Waals surface area contributed by atoms with E-state index in [1.54, 1.807) is 6.92 Å². The zero-order valence-electron chi connectivity index (χ0n) is 14.4. The van der Waals surface area contributed by atoms with Crippen LogP contribution in [-0.2, 0) is 22.6 Å². The molecule has 0 aliphatic heterocycles. The average Bonchev–Trinajstić information content (AvgIpc) is 2.67. The van der Waals surface area contributed by atoms with Gasteiger partial charge < -0.3 is 10.1 Å². The summed E-state index contributed by atoms with van der Waals surface area (Å²) in [5, 5.41) is 5.44. The molecule has 0 aliphatic rings. The maximum Gasteiger partial charge on any atom is 0.248 e. The summed E-state index contributed by atoms with van der Waals surface area (Å²) in [6.45, 7) is 2.83. The molecule has 0 aliphatic carbocycles. The molecule has 0 radical (unpaired) electrons. The van der Waals surface area contributed by atoms with Gasteiger partial charge in [-0.25, -0.2) is 0 Å². The number of carbonyl (C=O) groups is 1. The van der Waals surface area contributed by atoms with Crippen molar-refractivity contribution < 1.29 is 9.53 Å². The third-order valence-electron chi connectivity index (χ3n) is 4.29. The first kappa shape index (κ1) is 17.2. The lowest BCUT2D eigenvalue weighted by molar-refractivity contribution is -0.132. The van der Waals surface area contributed by atoms with E-state index in [-0.39, 0.29) is 5.91 Å². The number of rotatable bonds is 7. The number of amides is 1. The molecule has 1 N–H and O–H groups in total. The van der Waals surface area contributed by atoms with Crippen LogP contribution in [0.3, 0.4) is 0 Å². The molecule has 128 valence electrons. The Morgan fingerprint density at radius 3 is 2.52 bits per heavy atom. The highest BCUT2D eigenvalue weighted by atomic mass is 16.5. The molecule has 0 saturated heterocycles. The molecule has 1 atom stereocenters. The largest absolute Gasteiger partial charge is 0.364 e. The van der Waals surface area contributed by atoms with Crippen LogP contribution < -0.4 is 5.32 Å². The van der Waals surface area contributed by atoms with Gasteiger partial charge in [0.1, 0.15) is 6.10 Å². The van der Waals surface area contributed by atoms with Crippen LogP contribution in [0, 0.1) is 0 Å². The van der Waals surface area contributed by atoms with Crippen molar-refractivity contribution >= 4 is 16.7 Å². The minimum absolute atomic E-state index is 0.0730. The summed E-state index contributed by atoms with van der Waals surface area (Å²) in [5.41, 5.74) is 2.31. The van der Waals surface area contributed by atoms with E-state index in [2.05, 4.69) is 35.6 Å². The third kappa shape index (κ3) is 4.68. The second kappa shape index (κ2) is 8.45. The highest BCUT2D eigenvalue weighted by Crippen LogP contribution is 2.18. The number of hydrogen-bond acceptors (Lipinski definition) is 2. The first-order chi connectivity index (χ1) is 12.2. The summed E-state index contributed by atoms with van der Waals surface area (Å²) in [4.78, 5) is 12.2. The maximum atomic E-state index is 12.2. The fourth-order valence-corrected chi connectivity index (χ4v) is 2.85. The Balaban J connectivity index is 1.48. The second-order valence-electron chi connectivity index (χ2n) is 6.12. The zero-order valence-corrected chi connectivity index (χ0v) is 14.4. The number of nitrogens with one attached hydrogen (secondary N) is 1. The Morgan fingerprint density at radius 2 is 1.68 bits per heavy atom. The summed E-state index contributed by atoms with van der Waals surface area (Å²) in [7, 11) is 0. The van der Waals surface area contributed by atoms with Crippen LogP contribution in [0.25, 0.3) is 10.8 Å². The summed E-state index contributed by atoms with van der Waals surface area (Å²) >= 11 is 0. The fourth-order valence-electron chi connectivity index (χ4n) is 2.85. The molecule has 0 heterocycles. The van der Waals surface area contributed by atoms with Crippen molar-refractivity contribution in [2.24, 2.45) is 0 Å². The van der Waals surface area contributed by atoms with Crippen LogP contribution in [0.4, 0.5) is 0 Å². The van der Waals surface area contributed by atoms with Gasteiger partial charge in [-0.15, -0.1) is 0 Å². The number of fused-ring (bicyclic) bond motifs is 1. The van der Waals surface area contributed by atoms with Gasteiger partial charge in [-0.05, 0) is 35.2 Å². The molecule has 0 saturated carbocycles. The van der Waals surface area contributed by atoms with Crippen molar-refractivity contribution in [2.45, 2.75) is 26.1 Å². The Morgan fingerprint density at radius 1 is 0.960 bits per heavy atom. The third-order valence-corrected chi connectivity index (χ3v) is 4.29. The maximum absolute atomic E-state index is 12.2. The molecule has 0 bridgehead atoms. The number of carbonyl (C=O) groups excluding carboxylic acids is 1. The van der Waals surface area contributed by atoms with Crippen molar-refractivity contribution in [1.29, 1.82) is 0 Å². The van der Waals surface area contributed by atoms with Crippen LogP contribution in [0.2, 0.25) is 0 Å². The van der Waals surface area contributed by atoms with E-state index in [0.29, 0.717) is 13.2 Å². The molecule has 0 spiro atoms. The summed E-state index contributed by atoms with van der Waals surface area (Å²) < 4.78 is 5.65. The quantitative estimate of drug-likeness (QED) is 0.707. The van der Waals surface area contributed by atoms with Crippen LogP contribution >= 0.6 is 0 Å². The summed E-state index contributed by atoms with van der Waals surface area (Å²) in [5.74, 6) is -0.0730. The lowest BCUT2D eigenvalue weighted by Gasteiger charge is -2.14. The Bertz CT molecular complexity index is 824. The van der Waals surface area contributed by atoms with E-state index < -0.39 is 6.10 Å². The Kier molecular flexibility index (Phi) is 5.81. The van der Waals surface area contributed by atoms with E-state index in [0.717, 1.165) is 12.0 Å². The normalized spacial score (nSPS) is 12.0. The predicted octanol–water partition coefficient (Wildman–Crippen LogP) is 4.10. The van der Waals surface area contributed by atoms with Crippen molar-refractivity contribution in [2.75, 3.05) is 6.54 Å². The molecule has 3 rings (SSSR count). The molecular formula is C22H23NO2. The van der Waals surface area contributed by atoms with Crippen LogP contribution in [0.15, 0.2) is 72.8 Å². The minimum Gasteiger partial charge on any atom is -0.364 e. The lowest BCUT2D eigenvalue weighted by Crippen LogP contribution is -2.35. The van der Waals surface area contributed by atoms with E-state index in [4.69, 9.17) is 4.74 Å². The minimum atomic E-state index is -0.465. The first-order valence-corrected chi connectivity index (χ1v) is 8.64. The van der Waals surface area contributed by atoms with Gasteiger partial charge in [0.2, 0.25) is 5.91 Å². The van der Waals surface area contributed by atoms with Gasteiger partial charge in [-0.2, -0.15) is 0 Å². The molecule has 3 heteroatoms. The number of hydrogen-bond donors (Lipinski definition) is 1. The second-order valence-corrected chi connectivity index (χ2v) is 6.12. The van der Waals surface area contributed by atoms with Gasteiger partial charge >= 0.3 is 0 Å². The summed E-state index contributed by atoms with van der Waals surface area (Å²) in [6.07, 6.45) is 0.339. The zero-order chi connectivity index (χ0) is 17.5. The van der Waals surface area contributed by atoms with Gasteiger partial charge in [0.15, 0.2) is 0 Å². The van der Waals surface area contributed by atoms with Gasteiger partial charge in [-0.3, -0.25) is 4.79 Å².